The molecule has 1 aliphatic heterocycles. The molecule has 6 heteroatoms. The Balaban J connectivity index is 2.00. The molecule has 0 saturated heterocycles. The fraction of sp³-hybridized carbons (Fsp3) is 0.235. The van der Waals surface area contributed by atoms with E-state index in [1.807, 2.05) is 13.0 Å². The zero-order valence-corrected chi connectivity index (χ0v) is 15.0. The summed E-state index contributed by atoms with van der Waals surface area (Å²) in [5, 5.41) is 0. The zero-order valence-electron chi connectivity index (χ0n) is 12.6. The molecule has 1 aliphatic rings. The summed E-state index contributed by atoms with van der Waals surface area (Å²) in [4.78, 5) is 12.5. The summed E-state index contributed by atoms with van der Waals surface area (Å²) in [7, 11) is -3.62. The van der Waals surface area contributed by atoms with E-state index in [-0.39, 0.29) is 30.2 Å². The number of aryl methyl sites for hydroxylation is 1. The molecule has 0 atom stereocenters. The van der Waals surface area contributed by atoms with Gasteiger partial charge in [-0.05, 0) is 42.8 Å². The lowest BCUT2D eigenvalue weighted by molar-refractivity contribution is 0.0981. The highest BCUT2D eigenvalue weighted by Gasteiger charge is 2.29. The van der Waals surface area contributed by atoms with Gasteiger partial charge in [-0.15, -0.1) is 0 Å². The van der Waals surface area contributed by atoms with Gasteiger partial charge in [0, 0.05) is 29.5 Å². The molecule has 0 bridgehead atoms. The molecule has 0 aliphatic carbocycles. The zero-order chi connectivity index (χ0) is 16.6. The first-order chi connectivity index (χ1) is 10.9. The van der Waals surface area contributed by atoms with E-state index in [9.17, 15) is 13.2 Å². The summed E-state index contributed by atoms with van der Waals surface area (Å²) in [6.45, 7) is 2.31. The van der Waals surface area contributed by atoms with Gasteiger partial charge >= 0.3 is 0 Å². The first-order valence-corrected chi connectivity index (χ1v) is 9.50. The number of nitrogens with zero attached hydrogens (tertiary/aromatic N) is 1. The molecular formula is C17H16BrNO3S. The van der Waals surface area contributed by atoms with Gasteiger partial charge in [-0.1, -0.05) is 33.6 Å². The van der Waals surface area contributed by atoms with E-state index in [1.165, 1.54) is 4.31 Å². The van der Waals surface area contributed by atoms with Gasteiger partial charge in [-0.25, -0.2) is 8.42 Å². The van der Waals surface area contributed by atoms with E-state index in [0.717, 1.165) is 15.6 Å². The fourth-order valence-corrected chi connectivity index (χ4v) is 4.49. The molecule has 1 heterocycles. The van der Waals surface area contributed by atoms with Crippen LogP contribution in [0.4, 0.5) is 0 Å². The lowest BCUT2D eigenvalue weighted by Gasteiger charge is -2.20. The molecule has 0 aromatic heterocycles. The number of ketones is 1. The molecule has 23 heavy (non-hydrogen) atoms. The predicted molar refractivity (Wildman–Crippen MR) is 91.9 cm³/mol. The van der Waals surface area contributed by atoms with Crippen LogP contribution in [0.1, 0.15) is 27.9 Å². The van der Waals surface area contributed by atoms with Crippen LogP contribution in [0, 0.1) is 6.92 Å². The largest absolute Gasteiger partial charge is 0.294 e. The van der Waals surface area contributed by atoms with Crippen molar-refractivity contribution in [2.75, 3.05) is 6.54 Å². The van der Waals surface area contributed by atoms with Gasteiger partial charge in [0.2, 0.25) is 10.0 Å². The SMILES string of the molecule is Cc1ccc(S(=O)(=O)N2CCC(=O)c3ccc(Br)cc3C2)cc1. The molecule has 0 saturated carbocycles. The number of benzene rings is 2. The lowest BCUT2D eigenvalue weighted by atomic mass is 10.0. The van der Waals surface area contributed by atoms with Gasteiger partial charge in [-0.3, -0.25) is 4.79 Å². The van der Waals surface area contributed by atoms with Crippen molar-refractivity contribution >= 4 is 31.7 Å². The van der Waals surface area contributed by atoms with Crippen molar-refractivity contribution in [2.24, 2.45) is 0 Å². The summed E-state index contributed by atoms with van der Waals surface area (Å²) < 4.78 is 27.9. The van der Waals surface area contributed by atoms with E-state index < -0.39 is 10.0 Å². The highest BCUT2D eigenvalue weighted by molar-refractivity contribution is 9.10. The molecule has 0 fully saturated rings. The topological polar surface area (TPSA) is 54.5 Å². The van der Waals surface area contributed by atoms with Gasteiger partial charge in [0.25, 0.3) is 0 Å². The van der Waals surface area contributed by atoms with Crippen LogP contribution in [-0.4, -0.2) is 25.1 Å². The minimum Gasteiger partial charge on any atom is -0.294 e. The third-order valence-electron chi connectivity index (χ3n) is 3.96. The standard InChI is InChI=1S/C17H16BrNO3S/c1-12-2-5-15(6-3-12)23(21,22)19-9-8-17(20)16-7-4-14(18)10-13(16)11-19/h2-7,10H,8-9,11H2,1H3. The molecule has 3 rings (SSSR count). The Morgan fingerprint density at radius 2 is 1.78 bits per heavy atom. The van der Waals surface area contributed by atoms with E-state index in [4.69, 9.17) is 0 Å². The van der Waals surface area contributed by atoms with Gasteiger partial charge in [-0.2, -0.15) is 4.31 Å². The van der Waals surface area contributed by atoms with Crippen LogP contribution in [0.15, 0.2) is 51.8 Å². The minimum absolute atomic E-state index is 0.0193. The molecule has 0 spiro atoms. The molecule has 0 radical (unpaired) electrons. The van der Waals surface area contributed by atoms with Crippen molar-refractivity contribution < 1.29 is 13.2 Å². The summed E-state index contributed by atoms with van der Waals surface area (Å²) >= 11 is 3.38. The van der Waals surface area contributed by atoms with Gasteiger partial charge in [0.05, 0.1) is 4.90 Å². The molecule has 2 aromatic carbocycles. The van der Waals surface area contributed by atoms with E-state index in [1.54, 1.807) is 36.4 Å². The normalized spacial score (nSPS) is 16.0. The Hall–Kier alpha value is -1.50. The molecular weight excluding hydrogens is 378 g/mol. The number of fused-ring (bicyclic) bond motifs is 1. The Labute approximate surface area is 144 Å². The van der Waals surface area contributed by atoms with Crippen LogP contribution in [0.25, 0.3) is 0 Å². The number of rotatable bonds is 2. The van der Waals surface area contributed by atoms with Crippen molar-refractivity contribution in [3.05, 3.63) is 63.6 Å². The van der Waals surface area contributed by atoms with Crippen molar-refractivity contribution in [3.8, 4) is 0 Å². The molecule has 2 aromatic rings. The second-order valence-electron chi connectivity index (χ2n) is 5.63. The molecule has 120 valence electrons. The molecule has 4 nitrogen and oxygen atoms in total. The second-order valence-corrected chi connectivity index (χ2v) is 8.48. The smallest absolute Gasteiger partial charge is 0.243 e. The third kappa shape index (κ3) is 3.24. The highest BCUT2D eigenvalue weighted by Crippen LogP contribution is 2.26. The van der Waals surface area contributed by atoms with Crippen molar-refractivity contribution in [1.29, 1.82) is 0 Å². The van der Waals surface area contributed by atoms with E-state index in [2.05, 4.69) is 15.9 Å². The van der Waals surface area contributed by atoms with E-state index in [0.29, 0.717) is 5.56 Å². The van der Waals surface area contributed by atoms with Gasteiger partial charge < -0.3 is 0 Å². The Morgan fingerprint density at radius 1 is 1.09 bits per heavy atom. The van der Waals surface area contributed by atoms with Crippen LogP contribution < -0.4 is 0 Å². The number of carbonyl (C=O) groups excluding carboxylic acids is 1. The summed E-state index contributed by atoms with van der Waals surface area (Å²) in [5.74, 6) is -0.0193. The summed E-state index contributed by atoms with van der Waals surface area (Å²) in [6, 6.07) is 12.2. The number of halogens is 1. The number of hydrogen-bond donors (Lipinski definition) is 0. The monoisotopic (exact) mass is 393 g/mol. The number of Topliss-reactive ketones (excluding diaryl/α,β-unsaturated/α-hetero) is 1. The lowest BCUT2D eigenvalue weighted by Crippen LogP contribution is -2.31. The second kappa shape index (κ2) is 6.19. The fourth-order valence-electron chi connectivity index (χ4n) is 2.66. The molecule has 0 amide bonds. The number of sulfonamides is 1. The van der Waals surface area contributed by atoms with E-state index >= 15 is 0 Å². The van der Waals surface area contributed by atoms with Crippen LogP contribution in [-0.2, 0) is 16.6 Å². The maximum Gasteiger partial charge on any atom is 0.243 e. The molecule has 0 N–H and O–H groups in total. The first kappa shape index (κ1) is 16.4. The van der Waals surface area contributed by atoms with Crippen LogP contribution >= 0.6 is 15.9 Å². The minimum atomic E-state index is -3.62. The third-order valence-corrected chi connectivity index (χ3v) is 6.31. The first-order valence-electron chi connectivity index (χ1n) is 7.26. The highest BCUT2D eigenvalue weighted by atomic mass is 79.9. The van der Waals surface area contributed by atoms with Crippen molar-refractivity contribution in [3.63, 3.8) is 0 Å². The predicted octanol–water partition coefficient (Wildman–Crippen LogP) is 3.53. The summed E-state index contributed by atoms with van der Waals surface area (Å²) in [5.41, 5.74) is 2.34. The Kier molecular flexibility index (Phi) is 4.40. The quantitative estimate of drug-likeness (QED) is 0.783. The maximum absolute atomic E-state index is 12.9. The number of hydrogen-bond acceptors (Lipinski definition) is 3. The van der Waals surface area contributed by atoms with Crippen LogP contribution in [0.3, 0.4) is 0 Å². The molecule has 0 unspecified atom stereocenters. The average molecular weight is 394 g/mol. The van der Waals surface area contributed by atoms with Crippen molar-refractivity contribution in [2.45, 2.75) is 24.8 Å². The van der Waals surface area contributed by atoms with Crippen molar-refractivity contribution in [1.82, 2.24) is 4.31 Å². The van der Waals surface area contributed by atoms with Crippen LogP contribution in [0.2, 0.25) is 0 Å². The van der Waals surface area contributed by atoms with Crippen LogP contribution in [0.5, 0.6) is 0 Å². The Morgan fingerprint density at radius 3 is 2.48 bits per heavy atom. The maximum atomic E-state index is 12.9. The van der Waals surface area contributed by atoms with Gasteiger partial charge in [0.15, 0.2) is 5.78 Å². The van der Waals surface area contributed by atoms with Gasteiger partial charge in [0.1, 0.15) is 0 Å². The number of carbonyl (C=O) groups is 1. The Bertz CT molecular complexity index is 860. The average Bonchev–Trinajstić information content (AvgIpc) is 2.67. The summed E-state index contributed by atoms with van der Waals surface area (Å²) in [6.07, 6.45) is 0.194.